The summed E-state index contributed by atoms with van der Waals surface area (Å²) in [6.45, 7) is 6.97. The molecule has 1 saturated heterocycles. The molecule has 0 radical (unpaired) electrons. The number of hydrogen-bond donors (Lipinski definition) is 1. The highest BCUT2D eigenvalue weighted by Gasteiger charge is 2.39. The molecule has 1 aliphatic heterocycles. The van der Waals surface area contributed by atoms with E-state index < -0.39 is 0 Å². The summed E-state index contributed by atoms with van der Waals surface area (Å²) in [7, 11) is 0. The molecule has 6 heteroatoms. The van der Waals surface area contributed by atoms with Crippen molar-refractivity contribution in [1.29, 1.82) is 0 Å². The minimum atomic E-state index is -0.116. The maximum absolute atomic E-state index is 12.7. The Kier molecular flexibility index (Phi) is 4.66. The van der Waals surface area contributed by atoms with Crippen LogP contribution in [0.5, 0.6) is 0 Å². The largest absolute Gasteiger partial charge is 0.396 e. The number of aryl methyl sites for hydroxylation is 1. The van der Waals surface area contributed by atoms with Crippen LogP contribution in [0.2, 0.25) is 0 Å². The van der Waals surface area contributed by atoms with Gasteiger partial charge in [-0.2, -0.15) is 4.98 Å². The summed E-state index contributed by atoms with van der Waals surface area (Å²) < 4.78 is 5.25. The molecule has 1 fully saturated rings. The number of amides is 1. The summed E-state index contributed by atoms with van der Waals surface area (Å²) in [5.41, 5.74) is 1.87. The fourth-order valence-corrected chi connectivity index (χ4v) is 3.16. The van der Waals surface area contributed by atoms with Gasteiger partial charge in [0.1, 0.15) is 0 Å². The third-order valence-corrected chi connectivity index (χ3v) is 4.65. The summed E-state index contributed by atoms with van der Waals surface area (Å²) in [4.78, 5) is 18.8. The highest BCUT2D eigenvalue weighted by atomic mass is 16.5. The fourth-order valence-electron chi connectivity index (χ4n) is 3.16. The van der Waals surface area contributed by atoms with Gasteiger partial charge in [0, 0.05) is 31.2 Å². The van der Waals surface area contributed by atoms with Crippen molar-refractivity contribution in [1.82, 2.24) is 15.0 Å². The third kappa shape index (κ3) is 3.19. The van der Waals surface area contributed by atoms with Crippen molar-refractivity contribution >= 4 is 5.91 Å². The van der Waals surface area contributed by atoms with E-state index in [1.54, 1.807) is 11.8 Å². The number of aliphatic hydroxyl groups is 1. The summed E-state index contributed by atoms with van der Waals surface area (Å²) >= 11 is 0. The van der Waals surface area contributed by atoms with E-state index in [0.717, 1.165) is 0 Å². The second-order valence-electron chi connectivity index (χ2n) is 6.72. The standard InChI is InChI=1S/C18H23N3O3/c1-11(2)13-4-6-14(7-5-13)18(23)21-8-15(10-22)16(9-21)17-19-12(3)20-24-17/h4-7,11,15-16,22H,8-10H2,1-3H3/t15-,16+/m0/s1. The van der Waals surface area contributed by atoms with E-state index in [2.05, 4.69) is 24.0 Å². The molecule has 3 rings (SSSR count). The van der Waals surface area contributed by atoms with E-state index >= 15 is 0 Å². The Hall–Kier alpha value is -2.21. The van der Waals surface area contributed by atoms with Gasteiger partial charge in [0.2, 0.25) is 5.89 Å². The number of carbonyl (C=O) groups excluding carboxylic acids is 1. The van der Waals surface area contributed by atoms with Crippen LogP contribution in [0.3, 0.4) is 0 Å². The second kappa shape index (κ2) is 6.73. The summed E-state index contributed by atoms with van der Waals surface area (Å²) in [5, 5.41) is 13.5. The monoisotopic (exact) mass is 329 g/mol. The van der Waals surface area contributed by atoms with Gasteiger partial charge in [-0.3, -0.25) is 4.79 Å². The molecule has 1 aliphatic rings. The first kappa shape index (κ1) is 16.6. The molecule has 0 unspecified atom stereocenters. The fraction of sp³-hybridized carbons (Fsp3) is 0.500. The molecule has 1 aromatic heterocycles. The Bertz CT molecular complexity index is 709. The zero-order valence-electron chi connectivity index (χ0n) is 14.3. The highest BCUT2D eigenvalue weighted by Crippen LogP contribution is 2.32. The van der Waals surface area contributed by atoms with Crippen LogP contribution < -0.4 is 0 Å². The Morgan fingerprint density at radius 1 is 1.33 bits per heavy atom. The van der Waals surface area contributed by atoms with E-state index in [1.807, 2.05) is 24.3 Å². The molecule has 2 heterocycles. The van der Waals surface area contributed by atoms with Crippen LogP contribution in [-0.2, 0) is 0 Å². The van der Waals surface area contributed by atoms with Crippen molar-refractivity contribution < 1.29 is 14.4 Å². The van der Waals surface area contributed by atoms with Gasteiger partial charge in [0.05, 0.1) is 5.92 Å². The molecular weight excluding hydrogens is 306 g/mol. The van der Waals surface area contributed by atoms with E-state index in [1.165, 1.54) is 5.56 Å². The van der Waals surface area contributed by atoms with Crippen molar-refractivity contribution in [3.8, 4) is 0 Å². The summed E-state index contributed by atoms with van der Waals surface area (Å²) in [6.07, 6.45) is 0. The van der Waals surface area contributed by atoms with E-state index in [9.17, 15) is 9.90 Å². The smallest absolute Gasteiger partial charge is 0.253 e. The molecule has 128 valence electrons. The Balaban J connectivity index is 1.76. The number of nitrogens with zero attached hydrogens (tertiary/aromatic N) is 3. The van der Waals surface area contributed by atoms with Crippen molar-refractivity contribution in [2.24, 2.45) is 5.92 Å². The molecule has 2 aromatic rings. The molecule has 1 aromatic carbocycles. The number of aromatic nitrogens is 2. The molecule has 0 bridgehead atoms. The Morgan fingerprint density at radius 3 is 2.58 bits per heavy atom. The average Bonchev–Trinajstić information content (AvgIpc) is 3.20. The van der Waals surface area contributed by atoms with Gasteiger partial charge in [-0.05, 0) is 30.5 Å². The predicted octanol–water partition coefficient (Wildman–Crippen LogP) is 2.35. The first-order chi connectivity index (χ1) is 11.5. The quantitative estimate of drug-likeness (QED) is 0.931. The molecule has 0 aliphatic carbocycles. The van der Waals surface area contributed by atoms with Gasteiger partial charge in [-0.15, -0.1) is 0 Å². The van der Waals surface area contributed by atoms with Crippen LogP contribution in [0.15, 0.2) is 28.8 Å². The lowest BCUT2D eigenvalue weighted by Crippen LogP contribution is -2.29. The zero-order valence-corrected chi connectivity index (χ0v) is 14.3. The lowest BCUT2D eigenvalue weighted by atomic mass is 9.97. The third-order valence-electron chi connectivity index (χ3n) is 4.65. The molecular formula is C18H23N3O3. The Morgan fingerprint density at radius 2 is 2.04 bits per heavy atom. The van der Waals surface area contributed by atoms with Crippen LogP contribution in [-0.4, -0.2) is 45.8 Å². The maximum atomic E-state index is 12.7. The van der Waals surface area contributed by atoms with Crippen LogP contribution >= 0.6 is 0 Å². The van der Waals surface area contributed by atoms with Crippen molar-refractivity contribution in [3.05, 3.63) is 47.1 Å². The normalized spacial score (nSPS) is 20.8. The van der Waals surface area contributed by atoms with Crippen molar-refractivity contribution in [2.75, 3.05) is 19.7 Å². The summed E-state index contributed by atoms with van der Waals surface area (Å²) in [6, 6.07) is 7.73. The van der Waals surface area contributed by atoms with Gasteiger partial charge in [-0.1, -0.05) is 31.1 Å². The van der Waals surface area contributed by atoms with Gasteiger partial charge >= 0.3 is 0 Å². The molecule has 24 heavy (non-hydrogen) atoms. The second-order valence-corrected chi connectivity index (χ2v) is 6.72. The number of benzene rings is 1. The van der Waals surface area contributed by atoms with Gasteiger partial charge < -0.3 is 14.5 Å². The Labute approximate surface area is 141 Å². The topological polar surface area (TPSA) is 79.5 Å². The van der Waals surface area contributed by atoms with Crippen LogP contribution in [0, 0.1) is 12.8 Å². The summed E-state index contributed by atoms with van der Waals surface area (Å²) in [5.74, 6) is 1.28. The van der Waals surface area contributed by atoms with Crippen molar-refractivity contribution in [3.63, 3.8) is 0 Å². The number of carbonyl (C=O) groups is 1. The SMILES string of the molecule is Cc1noc([C@@H]2CN(C(=O)c3ccc(C(C)C)cc3)C[C@H]2CO)n1. The molecule has 2 atom stereocenters. The first-order valence-electron chi connectivity index (χ1n) is 8.30. The van der Waals surface area contributed by atoms with Crippen molar-refractivity contribution in [2.45, 2.75) is 32.6 Å². The van der Waals surface area contributed by atoms with Gasteiger partial charge in [-0.25, -0.2) is 0 Å². The average molecular weight is 329 g/mol. The predicted molar refractivity (Wildman–Crippen MR) is 88.8 cm³/mol. The van der Waals surface area contributed by atoms with Gasteiger partial charge in [0.15, 0.2) is 5.82 Å². The number of rotatable bonds is 4. The number of likely N-dealkylation sites (tertiary alicyclic amines) is 1. The molecule has 6 nitrogen and oxygen atoms in total. The number of hydrogen-bond acceptors (Lipinski definition) is 5. The minimum Gasteiger partial charge on any atom is -0.396 e. The van der Waals surface area contributed by atoms with Crippen LogP contribution in [0.1, 0.15) is 53.3 Å². The van der Waals surface area contributed by atoms with E-state index in [4.69, 9.17) is 4.52 Å². The maximum Gasteiger partial charge on any atom is 0.253 e. The van der Waals surface area contributed by atoms with E-state index in [-0.39, 0.29) is 24.3 Å². The highest BCUT2D eigenvalue weighted by molar-refractivity contribution is 5.94. The van der Waals surface area contributed by atoms with Gasteiger partial charge in [0.25, 0.3) is 5.91 Å². The minimum absolute atomic E-state index is 0.0117. The van der Waals surface area contributed by atoms with E-state index in [0.29, 0.717) is 36.3 Å². The van der Waals surface area contributed by atoms with Crippen LogP contribution in [0.4, 0.5) is 0 Å². The number of aliphatic hydroxyl groups excluding tert-OH is 1. The first-order valence-corrected chi connectivity index (χ1v) is 8.30. The molecule has 0 saturated carbocycles. The molecule has 1 N–H and O–H groups in total. The zero-order chi connectivity index (χ0) is 17.3. The molecule has 0 spiro atoms. The lowest BCUT2D eigenvalue weighted by molar-refractivity contribution is 0.0781. The van der Waals surface area contributed by atoms with Crippen LogP contribution in [0.25, 0.3) is 0 Å². The molecule has 1 amide bonds. The lowest BCUT2D eigenvalue weighted by Gasteiger charge is -2.16.